The third kappa shape index (κ3) is 0.609. The van der Waals surface area contributed by atoms with Crippen LogP contribution in [0, 0.1) is 5.92 Å². The number of nitrogens with two attached hydrogens (primary N) is 1. The summed E-state index contributed by atoms with van der Waals surface area (Å²) in [5, 5.41) is 0. The zero-order valence-corrected chi connectivity index (χ0v) is 5.87. The average Bonchev–Trinajstić information content (AvgIpc) is 2.35. The Morgan fingerprint density at radius 1 is 1.90 bits per heavy atom. The Kier molecular flexibility index (Phi) is 0.951. The lowest BCUT2D eigenvalue weighted by Crippen LogP contribution is -2.21. The Labute approximate surface area is 59.2 Å². The lowest BCUT2D eigenvalue weighted by molar-refractivity contribution is 0.425. The molecule has 3 heteroatoms. The Bertz CT molecular complexity index is 232. The summed E-state index contributed by atoms with van der Waals surface area (Å²) in [6, 6.07) is 0. The maximum absolute atomic E-state index is 5.90. The van der Waals surface area contributed by atoms with Crippen LogP contribution in [0.3, 0.4) is 0 Å². The van der Waals surface area contributed by atoms with Crippen molar-refractivity contribution in [2.75, 3.05) is 0 Å². The Morgan fingerprint density at radius 2 is 2.60 bits per heavy atom. The minimum absolute atomic E-state index is 0.247. The van der Waals surface area contributed by atoms with E-state index < -0.39 is 0 Å². The van der Waals surface area contributed by atoms with Crippen LogP contribution in [0.15, 0.2) is 16.9 Å². The Balaban J connectivity index is 2.30. The monoisotopic (exact) mass is 138 g/mol. The minimum atomic E-state index is -0.247. The number of aromatic nitrogens is 1. The van der Waals surface area contributed by atoms with Crippen molar-refractivity contribution < 1.29 is 4.42 Å². The lowest BCUT2D eigenvalue weighted by Gasteiger charge is -2.01. The van der Waals surface area contributed by atoms with Gasteiger partial charge in [0, 0.05) is 0 Å². The van der Waals surface area contributed by atoms with Gasteiger partial charge >= 0.3 is 0 Å². The second-order valence-corrected chi connectivity index (χ2v) is 2.98. The lowest BCUT2D eigenvalue weighted by atomic mass is 10.2. The van der Waals surface area contributed by atoms with Crippen molar-refractivity contribution in [3.63, 3.8) is 0 Å². The van der Waals surface area contributed by atoms with Gasteiger partial charge in [0.15, 0.2) is 0 Å². The third-order valence-corrected chi connectivity index (χ3v) is 2.19. The number of oxazole rings is 1. The second-order valence-electron chi connectivity index (χ2n) is 2.98. The van der Waals surface area contributed by atoms with Gasteiger partial charge in [-0.05, 0) is 12.3 Å². The highest BCUT2D eigenvalue weighted by Gasteiger charge is 2.52. The highest BCUT2D eigenvalue weighted by molar-refractivity contribution is 5.15. The van der Waals surface area contributed by atoms with Gasteiger partial charge in [-0.15, -0.1) is 0 Å². The van der Waals surface area contributed by atoms with Crippen LogP contribution in [0.5, 0.6) is 0 Å². The molecule has 0 bridgehead atoms. The van der Waals surface area contributed by atoms with Crippen molar-refractivity contribution in [1.29, 1.82) is 0 Å². The standard InChI is InChI=1S/C7H10N2O/c1-5-4-7(5,8)6-9-2-3-10-6/h2-3,5H,4,8H2,1H3. The summed E-state index contributed by atoms with van der Waals surface area (Å²) in [6.45, 7) is 2.10. The van der Waals surface area contributed by atoms with Gasteiger partial charge in [-0.1, -0.05) is 6.92 Å². The topological polar surface area (TPSA) is 52.0 Å². The van der Waals surface area contributed by atoms with Gasteiger partial charge in [0.05, 0.1) is 11.7 Å². The largest absolute Gasteiger partial charge is 0.447 e. The van der Waals surface area contributed by atoms with Crippen LogP contribution in [0.1, 0.15) is 19.2 Å². The summed E-state index contributed by atoms with van der Waals surface area (Å²) in [4.78, 5) is 4.01. The molecule has 0 radical (unpaired) electrons. The van der Waals surface area contributed by atoms with E-state index in [-0.39, 0.29) is 5.54 Å². The van der Waals surface area contributed by atoms with E-state index >= 15 is 0 Å². The van der Waals surface area contributed by atoms with Crippen LogP contribution in [-0.2, 0) is 5.54 Å². The summed E-state index contributed by atoms with van der Waals surface area (Å²) in [5.74, 6) is 1.20. The fourth-order valence-electron chi connectivity index (χ4n) is 1.20. The maximum atomic E-state index is 5.90. The highest BCUT2D eigenvalue weighted by Crippen LogP contribution is 2.48. The van der Waals surface area contributed by atoms with Crippen molar-refractivity contribution in [3.05, 3.63) is 18.4 Å². The smallest absolute Gasteiger partial charge is 0.214 e. The first-order chi connectivity index (χ1) is 4.73. The molecule has 0 aliphatic heterocycles. The van der Waals surface area contributed by atoms with E-state index in [0.29, 0.717) is 11.8 Å². The molecular weight excluding hydrogens is 128 g/mol. The maximum Gasteiger partial charge on any atom is 0.214 e. The van der Waals surface area contributed by atoms with E-state index in [1.165, 1.54) is 0 Å². The average molecular weight is 138 g/mol. The van der Waals surface area contributed by atoms with E-state index in [1.54, 1.807) is 12.5 Å². The first-order valence-corrected chi connectivity index (χ1v) is 3.42. The summed E-state index contributed by atoms with van der Waals surface area (Å²) in [6.07, 6.45) is 4.19. The summed E-state index contributed by atoms with van der Waals surface area (Å²) < 4.78 is 5.09. The quantitative estimate of drug-likeness (QED) is 0.626. The molecule has 1 aromatic heterocycles. The van der Waals surface area contributed by atoms with Gasteiger partial charge in [-0.3, -0.25) is 0 Å². The van der Waals surface area contributed by atoms with Crippen LogP contribution in [0.2, 0.25) is 0 Å². The van der Waals surface area contributed by atoms with Gasteiger partial charge in [-0.2, -0.15) is 0 Å². The van der Waals surface area contributed by atoms with E-state index in [4.69, 9.17) is 10.2 Å². The molecule has 0 spiro atoms. The van der Waals surface area contributed by atoms with E-state index in [2.05, 4.69) is 11.9 Å². The Hall–Kier alpha value is -0.830. The van der Waals surface area contributed by atoms with Crippen molar-refractivity contribution >= 4 is 0 Å². The molecule has 0 saturated heterocycles. The molecule has 3 nitrogen and oxygen atoms in total. The first kappa shape index (κ1) is 5.92. The van der Waals surface area contributed by atoms with Gasteiger partial charge in [0.1, 0.15) is 6.26 Å². The third-order valence-electron chi connectivity index (χ3n) is 2.19. The fourth-order valence-corrected chi connectivity index (χ4v) is 1.20. The predicted octanol–water partition coefficient (Wildman–Crippen LogP) is 0.868. The molecule has 2 rings (SSSR count). The number of nitrogens with zero attached hydrogens (tertiary/aromatic N) is 1. The molecule has 0 aromatic carbocycles. The van der Waals surface area contributed by atoms with Gasteiger partial charge < -0.3 is 10.2 Å². The van der Waals surface area contributed by atoms with E-state index in [0.717, 1.165) is 6.42 Å². The molecule has 2 atom stereocenters. The molecule has 2 unspecified atom stereocenters. The summed E-state index contributed by atoms with van der Waals surface area (Å²) in [5.41, 5.74) is 5.65. The van der Waals surface area contributed by atoms with E-state index in [9.17, 15) is 0 Å². The van der Waals surface area contributed by atoms with Gasteiger partial charge in [0.2, 0.25) is 5.89 Å². The first-order valence-electron chi connectivity index (χ1n) is 3.42. The molecule has 1 fully saturated rings. The minimum Gasteiger partial charge on any atom is -0.447 e. The second kappa shape index (κ2) is 1.61. The zero-order chi connectivity index (χ0) is 7.19. The number of rotatable bonds is 1. The van der Waals surface area contributed by atoms with Crippen molar-refractivity contribution in [2.45, 2.75) is 18.9 Å². The molecule has 1 aliphatic carbocycles. The van der Waals surface area contributed by atoms with E-state index in [1.807, 2.05) is 0 Å². The van der Waals surface area contributed by atoms with Crippen LogP contribution in [-0.4, -0.2) is 4.98 Å². The number of hydrogen-bond donors (Lipinski definition) is 1. The summed E-state index contributed by atoms with van der Waals surface area (Å²) in [7, 11) is 0. The summed E-state index contributed by atoms with van der Waals surface area (Å²) >= 11 is 0. The van der Waals surface area contributed by atoms with Crippen LogP contribution < -0.4 is 5.73 Å². The molecule has 10 heavy (non-hydrogen) atoms. The molecule has 54 valence electrons. The van der Waals surface area contributed by atoms with Crippen LogP contribution in [0.25, 0.3) is 0 Å². The van der Waals surface area contributed by atoms with Crippen molar-refractivity contribution in [1.82, 2.24) is 4.98 Å². The fraction of sp³-hybridized carbons (Fsp3) is 0.571. The predicted molar refractivity (Wildman–Crippen MR) is 36.1 cm³/mol. The molecule has 1 aromatic rings. The molecule has 1 saturated carbocycles. The van der Waals surface area contributed by atoms with Gasteiger partial charge in [-0.25, -0.2) is 4.98 Å². The van der Waals surface area contributed by atoms with Crippen LogP contribution >= 0.6 is 0 Å². The van der Waals surface area contributed by atoms with Crippen molar-refractivity contribution in [3.8, 4) is 0 Å². The zero-order valence-electron chi connectivity index (χ0n) is 5.87. The van der Waals surface area contributed by atoms with Gasteiger partial charge in [0.25, 0.3) is 0 Å². The highest BCUT2D eigenvalue weighted by atomic mass is 16.3. The molecule has 2 N–H and O–H groups in total. The van der Waals surface area contributed by atoms with Crippen LogP contribution in [0.4, 0.5) is 0 Å². The molecule has 1 aliphatic rings. The van der Waals surface area contributed by atoms with Crippen molar-refractivity contribution in [2.24, 2.45) is 11.7 Å². The molecular formula is C7H10N2O. The molecule has 0 amide bonds. The molecule has 1 heterocycles. The SMILES string of the molecule is CC1CC1(N)c1ncco1. The Morgan fingerprint density at radius 3 is 3.00 bits per heavy atom. The number of hydrogen-bond acceptors (Lipinski definition) is 3. The normalized spacial score (nSPS) is 38.0.